The molecule has 0 aliphatic carbocycles. The van der Waals surface area contributed by atoms with Crippen LogP contribution in [-0.2, 0) is 4.74 Å². The molecule has 1 unspecified atom stereocenters. The number of ether oxygens (including phenoxy) is 1. The third-order valence-electron chi connectivity index (χ3n) is 4.20. The number of unbranched alkanes of at least 4 members (excludes halogenated alkanes) is 3. The second-order valence-corrected chi connectivity index (χ2v) is 5.99. The lowest BCUT2D eigenvalue weighted by molar-refractivity contribution is 0.175. The van der Waals surface area contributed by atoms with Crippen LogP contribution in [0.25, 0.3) is 0 Å². The first-order valence-corrected chi connectivity index (χ1v) is 8.78. The van der Waals surface area contributed by atoms with Gasteiger partial charge in [-0.2, -0.15) is 0 Å². The van der Waals surface area contributed by atoms with Gasteiger partial charge in [0.1, 0.15) is 6.10 Å². The first kappa shape index (κ1) is 19.7. The summed E-state index contributed by atoms with van der Waals surface area (Å²) in [5.74, 6) is 0. The Hall–Kier alpha value is -1.38. The molecule has 0 spiro atoms. The SMILES string of the molecule is C=CC/C(CCCCCC)=C(/CCOC)C(O)c1ccccc1. The van der Waals surface area contributed by atoms with Gasteiger partial charge in [0, 0.05) is 7.11 Å². The van der Waals surface area contributed by atoms with Crippen molar-refractivity contribution < 1.29 is 9.84 Å². The standard InChI is InChI=1S/C21H32O2/c1-4-6-7-9-13-18(12-5-2)20(16-17-23-3)21(22)19-14-10-8-11-15-19/h5,8,10-11,14-15,21-22H,2,4,6-7,9,12-13,16-17H2,1,3H3/b20-18+. The van der Waals surface area contributed by atoms with Gasteiger partial charge in [-0.15, -0.1) is 6.58 Å². The summed E-state index contributed by atoms with van der Waals surface area (Å²) in [7, 11) is 1.71. The van der Waals surface area contributed by atoms with Crippen LogP contribution in [0.15, 0.2) is 54.1 Å². The molecule has 2 heteroatoms. The van der Waals surface area contributed by atoms with E-state index >= 15 is 0 Å². The molecule has 0 aliphatic heterocycles. The molecule has 2 nitrogen and oxygen atoms in total. The predicted molar refractivity (Wildman–Crippen MR) is 98.5 cm³/mol. The van der Waals surface area contributed by atoms with Crippen molar-refractivity contribution in [3.8, 4) is 0 Å². The van der Waals surface area contributed by atoms with Gasteiger partial charge in [0.25, 0.3) is 0 Å². The van der Waals surface area contributed by atoms with Gasteiger partial charge in [-0.3, -0.25) is 0 Å². The van der Waals surface area contributed by atoms with Crippen molar-refractivity contribution >= 4 is 0 Å². The van der Waals surface area contributed by atoms with Gasteiger partial charge in [-0.1, -0.05) is 68.2 Å². The van der Waals surface area contributed by atoms with E-state index in [0.29, 0.717) is 6.61 Å². The van der Waals surface area contributed by atoms with Crippen molar-refractivity contribution in [2.24, 2.45) is 0 Å². The van der Waals surface area contributed by atoms with Crippen molar-refractivity contribution in [1.29, 1.82) is 0 Å². The minimum atomic E-state index is -0.549. The molecule has 0 radical (unpaired) electrons. The molecule has 1 rings (SSSR count). The van der Waals surface area contributed by atoms with E-state index in [1.807, 2.05) is 36.4 Å². The largest absolute Gasteiger partial charge is 0.384 e. The van der Waals surface area contributed by atoms with Crippen LogP contribution >= 0.6 is 0 Å². The Kier molecular flexibility index (Phi) is 10.3. The molecule has 128 valence electrons. The molecule has 1 atom stereocenters. The summed E-state index contributed by atoms with van der Waals surface area (Å²) in [6.07, 6.45) is 8.98. The maximum atomic E-state index is 10.9. The minimum Gasteiger partial charge on any atom is -0.384 e. The maximum Gasteiger partial charge on any atom is 0.100 e. The lowest BCUT2D eigenvalue weighted by Gasteiger charge is -2.20. The van der Waals surface area contributed by atoms with Crippen LogP contribution in [0.1, 0.15) is 63.5 Å². The van der Waals surface area contributed by atoms with Gasteiger partial charge < -0.3 is 9.84 Å². The molecule has 0 bridgehead atoms. The third kappa shape index (κ3) is 7.15. The second kappa shape index (κ2) is 12.1. The van der Waals surface area contributed by atoms with Crippen LogP contribution in [0.3, 0.4) is 0 Å². The Morgan fingerprint density at radius 2 is 1.91 bits per heavy atom. The van der Waals surface area contributed by atoms with Crippen LogP contribution < -0.4 is 0 Å². The molecule has 0 aliphatic rings. The Balaban J connectivity index is 2.97. The Bertz CT molecular complexity index is 462. The summed E-state index contributed by atoms with van der Waals surface area (Å²) in [6, 6.07) is 9.90. The van der Waals surface area contributed by atoms with E-state index in [2.05, 4.69) is 13.5 Å². The van der Waals surface area contributed by atoms with E-state index in [9.17, 15) is 5.11 Å². The molecule has 23 heavy (non-hydrogen) atoms. The van der Waals surface area contributed by atoms with Crippen LogP contribution in [-0.4, -0.2) is 18.8 Å². The highest BCUT2D eigenvalue weighted by Crippen LogP contribution is 2.31. The van der Waals surface area contributed by atoms with Crippen molar-refractivity contribution in [1.82, 2.24) is 0 Å². The number of allylic oxidation sites excluding steroid dienone is 2. The van der Waals surface area contributed by atoms with E-state index in [0.717, 1.165) is 30.4 Å². The molecule has 1 N–H and O–H groups in total. The zero-order valence-electron chi connectivity index (χ0n) is 14.8. The number of rotatable bonds is 12. The van der Waals surface area contributed by atoms with E-state index in [1.165, 1.54) is 31.3 Å². The van der Waals surface area contributed by atoms with Crippen LogP contribution in [0, 0.1) is 0 Å². The summed E-state index contributed by atoms with van der Waals surface area (Å²) >= 11 is 0. The second-order valence-electron chi connectivity index (χ2n) is 5.99. The summed E-state index contributed by atoms with van der Waals surface area (Å²) in [6.45, 7) is 6.75. The Labute approximate surface area is 141 Å². The summed E-state index contributed by atoms with van der Waals surface area (Å²) in [5.41, 5.74) is 3.38. The molecule has 1 aromatic rings. The first-order chi connectivity index (χ1) is 11.2. The van der Waals surface area contributed by atoms with E-state index in [-0.39, 0.29) is 0 Å². The zero-order chi connectivity index (χ0) is 16.9. The Morgan fingerprint density at radius 1 is 1.17 bits per heavy atom. The zero-order valence-corrected chi connectivity index (χ0v) is 14.8. The summed E-state index contributed by atoms with van der Waals surface area (Å²) in [4.78, 5) is 0. The molecule has 0 saturated heterocycles. The lowest BCUT2D eigenvalue weighted by Crippen LogP contribution is -2.08. The summed E-state index contributed by atoms with van der Waals surface area (Å²) < 4.78 is 5.26. The van der Waals surface area contributed by atoms with Crippen molar-refractivity contribution in [3.63, 3.8) is 0 Å². The number of hydrogen-bond donors (Lipinski definition) is 1. The molecule has 0 saturated carbocycles. The van der Waals surface area contributed by atoms with Gasteiger partial charge in [0.15, 0.2) is 0 Å². The highest BCUT2D eigenvalue weighted by molar-refractivity contribution is 5.30. The molecule has 0 fully saturated rings. The molecular formula is C21H32O2. The van der Waals surface area contributed by atoms with Crippen molar-refractivity contribution in [2.45, 2.75) is 58.0 Å². The fraction of sp³-hybridized carbons (Fsp3) is 0.524. The number of aliphatic hydroxyl groups is 1. The fourth-order valence-corrected chi connectivity index (χ4v) is 2.89. The topological polar surface area (TPSA) is 29.5 Å². The normalized spacial score (nSPS) is 13.5. The number of benzene rings is 1. The first-order valence-electron chi connectivity index (χ1n) is 8.78. The van der Waals surface area contributed by atoms with Gasteiger partial charge in [-0.25, -0.2) is 0 Å². The summed E-state index contributed by atoms with van der Waals surface area (Å²) in [5, 5.41) is 10.9. The van der Waals surface area contributed by atoms with E-state index < -0.39 is 6.10 Å². The molecule has 1 aromatic carbocycles. The molecular weight excluding hydrogens is 284 g/mol. The average Bonchev–Trinajstić information content (AvgIpc) is 2.59. The molecule has 0 heterocycles. The lowest BCUT2D eigenvalue weighted by atomic mass is 9.90. The van der Waals surface area contributed by atoms with Crippen LogP contribution in [0.5, 0.6) is 0 Å². The average molecular weight is 316 g/mol. The highest BCUT2D eigenvalue weighted by Gasteiger charge is 2.17. The Morgan fingerprint density at radius 3 is 2.52 bits per heavy atom. The maximum absolute atomic E-state index is 10.9. The fourth-order valence-electron chi connectivity index (χ4n) is 2.89. The van der Waals surface area contributed by atoms with Crippen molar-refractivity contribution in [2.75, 3.05) is 13.7 Å². The number of aliphatic hydroxyl groups excluding tert-OH is 1. The number of methoxy groups -OCH3 is 1. The van der Waals surface area contributed by atoms with E-state index in [4.69, 9.17) is 4.74 Å². The monoisotopic (exact) mass is 316 g/mol. The van der Waals surface area contributed by atoms with Gasteiger partial charge >= 0.3 is 0 Å². The van der Waals surface area contributed by atoms with Crippen molar-refractivity contribution in [3.05, 3.63) is 59.7 Å². The van der Waals surface area contributed by atoms with Crippen LogP contribution in [0.4, 0.5) is 0 Å². The van der Waals surface area contributed by atoms with Gasteiger partial charge in [0.2, 0.25) is 0 Å². The van der Waals surface area contributed by atoms with Gasteiger partial charge in [-0.05, 0) is 36.8 Å². The van der Waals surface area contributed by atoms with Crippen LogP contribution in [0.2, 0.25) is 0 Å². The third-order valence-corrected chi connectivity index (χ3v) is 4.20. The smallest absolute Gasteiger partial charge is 0.100 e. The van der Waals surface area contributed by atoms with Gasteiger partial charge in [0.05, 0.1) is 6.61 Å². The highest BCUT2D eigenvalue weighted by atomic mass is 16.5. The number of hydrogen-bond acceptors (Lipinski definition) is 2. The molecule has 0 aromatic heterocycles. The minimum absolute atomic E-state index is 0.549. The van der Waals surface area contributed by atoms with E-state index in [1.54, 1.807) is 7.11 Å². The molecule has 0 amide bonds. The quantitative estimate of drug-likeness (QED) is 0.402. The predicted octanol–water partition coefficient (Wildman–Crippen LogP) is 5.60.